The minimum absolute atomic E-state index is 0.335. The van der Waals surface area contributed by atoms with Crippen LogP contribution in [0.5, 0.6) is 0 Å². The van der Waals surface area contributed by atoms with Gasteiger partial charge in [0.15, 0.2) is 0 Å². The maximum absolute atomic E-state index is 8.74. The molecule has 0 heterocycles. The maximum atomic E-state index is 8.74. The van der Waals surface area contributed by atoms with E-state index in [2.05, 4.69) is 45.9 Å². The van der Waals surface area contributed by atoms with E-state index in [9.17, 15) is 0 Å². The molecule has 2 aliphatic carbocycles. The van der Waals surface area contributed by atoms with E-state index in [-0.39, 0.29) is 0 Å². The molecule has 0 amide bonds. The Hall–Kier alpha value is -0.950. The number of benzene rings is 1. The SMILES string of the molecule is CC(C)c1ccc2c(c1)CCC1C(C)(CN)CCCC21C.O=S(=O)(O)O. The highest BCUT2D eigenvalue weighted by molar-refractivity contribution is 7.79. The molecule has 26 heavy (non-hydrogen) atoms. The lowest BCUT2D eigenvalue weighted by Gasteiger charge is -2.55. The molecule has 0 spiro atoms. The summed E-state index contributed by atoms with van der Waals surface area (Å²) in [4.78, 5) is 0. The van der Waals surface area contributed by atoms with E-state index in [4.69, 9.17) is 23.3 Å². The summed E-state index contributed by atoms with van der Waals surface area (Å²) in [6.07, 6.45) is 6.53. The molecule has 5 nitrogen and oxygen atoms in total. The number of hydrogen-bond donors (Lipinski definition) is 3. The third kappa shape index (κ3) is 4.47. The zero-order valence-electron chi connectivity index (χ0n) is 16.3. The Balaban J connectivity index is 0.000000431. The van der Waals surface area contributed by atoms with Crippen LogP contribution >= 0.6 is 0 Å². The second-order valence-corrected chi connectivity index (χ2v) is 9.64. The summed E-state index contributed by atoms with van der Waals surface area (Å²) in [7, 11) is -4.67. The number of nitrogens with two attached hydrogens (primary N) is 1. The molecule has 1 saturated carbocycles. The Kier molecular flexibility index (Phi) is 6.23. The highest BCUT2D eigenvalue weighted by Gasteiger charge is 2.50. The van der Waals surface area contributed by atoms with Gasteiger partial charge in [-0.15, -0.1) is 0 Å². The fraction of sp³-hybridized carbons (Fsp3) is 0.700. The minimum atomic E-state index is -4.67. The van der Waals surface area contributed by atoms with Crippen molar-refractivity contribution >= 4 is 10.4 Å². The second kappa shape index (κ2) is 7.58. The molecule has 4 N–H and O–H groups in total. The van der Waals surface area contributed by atoms with Crippen molar-refractivity contribution in [3.8, 4) is 0 Å². The van der Waals surface area contributed by atoms with Gasteiger partial charge in [-0.05, 0) is 71.6 Å². The molecule has 3 rings (SSSR count). The molecular formula is C20H33NO4S. The van der Waals surface area contributed by atoms with Gasteiger partial charge < -0.3 is 5.73 Å². The van der Waals surface area contributed by atoms with Gasteiger partial charge in [0.1, 0.15) is 0 Å². The van der Waals surface area contributed by atoms with Crippen LogP contribution in [0.1, 0.15) is 76.0 Å². The van der Waals surface area contributed by atoms with Crippen LogP contribution in [0, 0.1) is 11.3 Å². The van der Waals surface area contributed by atoms with Gasteiger partial charge in [0.05, 0.1) is 0 Å². The first kappa shape index (κ1) is 21.4. The summed E-state index contributed by atoms with van der Waals surface area (Å²) in [6.45, 7) is 10.4. The number of hydrogen-bond acceptors (Lipinski definition) is 3. The summed E-state index contributed by atoms with van der Waals surface area (Å²) in [6, 6.07) is 7.29. The van der Waals surface area contributed by atoms with Crippen molar-refractivity contribution < 1.29 is 17.5 Å². The van der Waals surface area contributed by atoms with Crippen LogP contribution < -0.4 is 5.73 Å². The van der Waals surface area contributed by atoms with Crippen LogP contribution in [-0.4, -0.2) is 24.1 Å². The number of rotatable bonds is 2. The van der Waals surface area contributed by atoms with Gasteiger partial charge in [0.25, 0.3) is 0 Å². The molecule has 6 heteroatoms. The Bertz CT molecular complexity index is 738. The zero-order valence-corrected chi connectivity index (χ0v) is 17.1. The molecular weight excluding hydrogens is 350 g/mol. The Labute approximate surface area is 158 Å². The van der Waals surface area contributed by atoms with E-state index in [1.165, 1.54) is 37.7 Å². The molecule has 1 aromatic carbocycles. The van der Waals surface area contributed by atoms with Gasteiger partial charge in [0.2, 0.25) is 0 Å². The van der Waals surface area contributed by atoms with Gasteiger partial charge in [-0.25, -0.2) is 0 Å². The fourth-order valence-corrected chi connectivity index (χ4v) is 5.25. The van der Waals surface area contributed by atoms with Crippen molar-refractivity contribution in [1.82, 2.24) is 0 Å². The van der Waals surface area contributed by atoms with Crippen LogP contribution in [0.25, 0.3) is 0 Å². The summed E-state index contributed by atoms with van der Waals surface area (Å²) in [5, 5.41) is 0. The smallest absolute Gasteiger partial charge is 0.330 e. The average Bonchev–Trinajstić information content (AvgIpc) is 2.52. The monoisotopic (exact) mass is 383 g/mol. The Morgan fingerprint density at radius 1 is 1.23 bits per heavy atom. The van der Waals surface area contributed by atoms with Crippen LogP contribution in [0.15, 0.2) is 18.2 Å². The van der Waals surface area contributed by atoms with Crippen LogP contribution in [0.2, 0.25) is 0 Å². The average molecular weight is 384 g/mol. The maximum Gasteiger partial charge on any atom is 0.394 e. The van der Waals surface area contributed by atoms with Crippen LogP contribution in [-0.2, 0) is 22.2 Å². The molecule has 0 saturated heterocycles. The van der Waals surface area contributed by atoms with Crippen molar-refractivity contribution in [2.45, 2.75) is 71.1 Å². The summed E-state index contributed by atoms with van der Waals surface area (Å²) < 4.78 is 31.6. The van der Waals surface area contributed by atoms with E-state index >= 15 is 0 Å². The molecule has 0 aromatic heterocycles. The fourth-order valence-electron chi connectivity index (χ4n) is 5.25. The highest BCUT2D eigenvalue weighted by Crippen LogP contribution is 2.56. The topological polar surface area (TPSA) is 101 Å². The predicted octanol–water partition coefficient (Wildman–Crippen LogP) is 4.13. The van der Waals surface area contributed by atoms with Gasteiger partial charge in [-0.1, -0.05) is 52.3 Å². The van der Waals surface area contributed by atoms with Crippen molar-refractivity contribution in [3.63, 3.8) is 0 Å². The number of aryl methyl sites for hydroxylation is 1. The molecule has 3 unspecified atom stereocenters. The van der Waals surface area contributed by atoms with Crippen LogP contribution in [0.4, 0.5) is 0 Å². The summed E-state index contributed by atoms with van der Waals surface area (Å²) >= 11 is 0. The molecule has 1 fully saturated rings. The molecule has 0 bridgehead atoms. The molecule has 148 valence electrons. The van der Waals surface area contributed by atoms with Crippen molar-refractivity contribution in [3.05, 3.63) is 34.9 Å². The van der Waals surface area contributed by atoms with E-state index in [0.29, 0.717) is 16.7 Å². The summed E-state index contributed by atoms with van der Waals surface area (Å²) in [5.74, 6) is 1.38. The van der Waals surface area contributed by atoms with E-state index < -0.39 is 10.4 Å². The number of fused-ring (bicyclic) bond motifs is 3. The lowest BCUT2D eigenvalue weighted by atomic mass is 9.50. The molecule has 0 radical (unpaired) electrons. The molecule has 2 aliphatic rings. The third-order valence-corrected chi connectivity index (χ3v) is 6.63. The normalized spacial score (nSPS) is 30.8. The highest BCUT2D eigenvalue weighted by atomic mass is 32.3. The largest absolute Gasteiger partial charge is 0.394 e. The lowest BCUT2D eigenvalue weighted by molar-refractivity contribution is 0.0326. The lowest BCUT2D eigenvalue weighted by Crippen LogP contribution is -2.51. The second-order valence-electron chi connectivity index (χ2n) is 8.74. The Morgan fingerprint density at radius 3 is 2.38 bits per heavy atom. The molecule has 1 aromatic rings. The minimum Gasteiger partial charge on any atom is -0.330 e. The first-order valence-corrected chi connectivity index (χ1v) is 10.8. The first-order chi connectivity index (χ1) is 11.9. The van der Waals surface area contributed by atoms with Crippen LogP contribution in [0.3, 0.4) is 0 Å². The standard InChI is InChI=1S/C20H31N.H2O4S/c1-14(2)15-6-8-17-16(12-15)7-9-18-19(3,13-21)10-5-11-20(17,18)4;1-5(2,3)4/h6,8,12,14,18H,5,7,9-11,13,21H2,1-4H3;(H2,1,2,3,4). The van der Waals surface area contributed by atoms with E-state index in [0.717, 1.165) is 12.5 Å². The third-order valence-electron chi connectivity index (χ3n) is 6.63. The van der Waals surface area contributed by atoms with Crippen molar-refractivity contribution in [1.29, 1.82) is 0 Å². The quantitative estimate of drug-likeness (QED) is 0.667. The predicted molar refractivity (Wildman–Crippen MR) is 105 cm³/mol. The van der Waals surface area contributed by atoms with Gasteiger partial charge in [-0.3, -0.25) is 9.11 Å². The van der Waals surface area contributed by atoms with Gasteiger partial charge in [-0.2, -0.15) is 8.42 Å². The zero-order chi connectivity index (χ0) is 19.8. The van der Waals surface area contributed by atoms with Gasteiger partial charge >= 0.3 is 10.4 Å². The van der Waals surface area contributed by atoms with Gasteiger partial charge in [0, 0.05) is 0 Å². The molecule has 3 atom stereocenters. The van der Waals surface area contributed by atoms with E-state index in [1.54, 1.807) is 11.1 Å². The Morgan fingerprint density at radius 2 is 1.85 bits per heavy atom. The summed E-state index contributed by atoms with van der Waals surface area (Å²) in [5.41, 5.74) is 11.6. The first-order valence-electron chi connectivity index (χ1n) is 9.44. The van der Waals surface area contributed by atoms with E-state index in [1.807, 2.05) is 0 Å². The molecule has 0 aliphatic heterocycles. The van der Waals surface area contributed by atoms with Crippen molar-refractivity contribution in [2.24, 2.45) is 17.1 Å². The van der Waals surface area contributed by atoms with Crippen molar-refractivity contribution in [2.75, 3.05) is 6.54 Å².